The Labute approximate surface area is 78.1 Å². The minimum atomic E-state index is 0.187. The molecule has 0 fully saturated rings. The smallest absolute Gasteiger partial charge is 0.136 e. The molecule has 0 amide bonds. The van der Waals surface area contributed by atoms with Crippen LogP contribution in [0.25, 0.3) is 0 Å². The number of hydrogen-bond acceptors (Lipinski definition) is 4. The minimum absolute atomic E-state index is 0.187. The van der Waals surface area contributed by atoms with Gasteiger partial charge in [0.1, 0.15) is 11.6 Å². The first-order chi connectivity index (χ1) is 6.13. The highest BCUT2D eigenvalue weighted by atomic mass is 16.5. The van der Waals surface area contributed by atoms with E-state index in [1.54, 1.807) is 13.2 Å². The van der Waals surface area contributed by atoms with Crippen molar-refractivity contribution in [1.82, 2.24) is 9.97 Å². The summed E-state index contributed by atoms with van der Waals surface area (Å²) in [5.74, 6) is 1.46. The summed E-state index contributed by atoms with van der Waals surface area (Å²) in [6, 6.07) is 1.75. The molecule has 0 aromatic carbocycles. The van der Waals surface area contributed by atoms with Crippen LogP contribution in [-0.2, 0) is 4.74 Å². The van der Waals surface area contributed by atoms with E-state index in [0.29, 0.717) is 12.4 Å². The molecule has 4 nitrogen and oxygen atoms in total. The summed E-state index contributed by atoms with van der Waals surface area (Å²) in [7, 11) is 1.66. The van der Waals surface area contributed by atoms with Gasteiger partial charge in [0.15, 0.2) is 0 Å². The standard InChI is InChI=1S/C9H15N3O/c1-6(5-13-3)9-11-7(2)4-8(10)12-9/h4,6H,5H2,1-3H3,(H2,10,11,12). The number of hydrogen-bond donors (Lipinski definition) is 1. The average molecular weight is 181 g/mol. The van der Waals surface area contributed by atoms with E-state index in [0.717, 1.165) is 11.5 Å². The fourth-order valence-corrected chi connectivity index (χ4v) is 1.16. The second-order valence-corrected chi connectivity index (χ2v) is 3.15. The molecule has 0 spiro atoms. The Morgan fingerprint density at radius 2 is 2.23 bits per heavy atom. The van der Waals surface area contributed by atoms with E-state index in [2.05, 4.69) is 9.97 Å². The van der Waals surface area contributed by atoms with Crippen LogP contribution in [0.2, 0.25) is 0 Å². The molecule has 72 valence electrons. The maximum atomic E-state index is 5.60. The van der Waals surface area contributed by atoms with Crippen LogP contribution in [0.3, 0.4) is 0 Å². The largest absolute Gasteiger partial charge is 0.384 e. The van der Waals surface area contributed by atoms with Gasteiger partial charge in [-0.05, 0) is 6.92 Å². The summed E-state index contributed by atoms with van der Waals surface area (Å²) in [5, 5.41) is 0. The second kappa shape index (κ2) is 4.18. The van der Waals surface area contributed by atoms with E-state index in [1.165, 1.54) is 0 Å². The normalized spacial score (nSPS) is 12.8. The van der Waals surface area contributed by atoms with E-state index >= 15 is 0 Å². The van der Waals surface area contributed by atoms with Crippen LogP contribution in [0.15, 0.2) is 6.07 Å². The number of aryl methyl sites for hydroxylation is 1. The van der Waals surface area contributed by atoms with Crippen LogP contribution < -0.4 is 5.73 Å². The van der Waals surface area contributed by atoms with Gasteiger partial charge in [-0.2, -0.15) is 0 Å². The van der Waals surface area contributed by atoms with Gasteiger partial charge in [0.25, 0.3) is 0 Å². The van der Waals surface area contributed by atoms with Crippen molar-refractivity contribution in [2.24, 2.45) is 0 Å². The van der Waals surface area contributed by atoms with Crippen molar-refractivity contribution in [2.75, 3.05) is 19.5 Å². The second-order valence-electron chi connectivity index (χ2n) is 3.15. The van der Waals surface area contributed by atoms with E-state index in [9.17, 15) is 0 Å². The topological polar surface area (TPSA) is 61.0 Å². The number of nitrogens with zero attached hydrogens (tertiary/aromatic N) is 2. The predicted octanol–water partition coefficient (Wildman–Crippen LogP) is 1.12. The summed E-state index contributed by atoms with van der Waals surface area (Å²) in [6.45, 7) is 4.53. The minimum Gasteiger partial charge on any atom is -0.384 e. The molecule has 2 N–H and O–H groups in total. The molecule has 1 unspecified atom stereocenters. The SMILES string of the molecule is COCC(C)c1nc(C)cc(N)n1. The molecule has 0 saturated carbocycles. The first kappa shape index (κ1) is 9.92. The molecular formula is C9H15N3O. The van der Waals surface area contributed by atoms with Crippen molar-refractivity contribution in [3.63, 3.8) is 0 Å². The molecule has 0 aliphatic carbocycles. The van der Waals surface area contributed by atoms with Crippen molar-refractivity contribution >= 4 is 5.82 Å². The first-order valence-corrected chi connectivity index (χ1v) is 4.23. The first-order valence-electron chi connectivity index (χ1n) is 4.23. The van der Waals surface area contributed by atoms with Gasteiger partial charge in [0, 0.05) is 24.8 Å². The van der Waals surface area contributed by atoms with Crippen molar-refractivity contribution in [3.8, 4) is 0 Å². The number of aromatic nitrogens is 2. The van der Waals surface area contributed by atoms with Crippen LogP contribution in [-0.4, -0.2) is 23.7 Å². The zero-order chi connectivity index (χ0) is 9.84. The Hall–Kier alpha value is -1.16. The Morgan fingerprint density at radius 1 is 1.54 bits per heavy atom. The highest BCUT2D eigenvalue weighted by Gasteiger charge is 2.09. The molecule has 0 saturated heterocycles. The predicted molar refractivity (Wildman–Crippen MR) is 51.5 cm³/mol. The molecule has 1 aromatic rings. The highest BCUT2D eigenvalue weighted by molar-refractivity contribution is 5.29. The van der Waals surface area contributed by atoms with Gasteiger partial charge in [0.05, 0.1) is 6.61 Å². The summed E-state index contributed by atoms with van der Waals surface area (Å²) in [4.78, 5) is 8.42. The molecule has 1 rings (SSSR count). The van der Waals surface area contributed by atoms with Crippen molar-refractivity contribution < 1.29 is 4.74 Å². The lowest BCUT2D eigenvalue weighted by molar-refractivity contribution is 0.181. The van der Waals surface area contributed by atoms with Crippen molar-refractivity contribution in [1.29, 1.82) is 0 Å². The Morgan fingerprint density at radius 3 is 2.77 bits per heavy atom. The van der Waals surface area contributed by atoms with Crippen LogP contribution >= 0.6 is 0 Å². The maximum Gasteiger partial charge on any atom is 0.136 e. The molecular weight excluding hydrogens is 166 g/mol. The Balaban J connectivity index is 2.87. The lowest BCUT2D eigenvalue weighted by Gasteiger charge is -2.09. The summed E-state index contributed by atoms with van der Waals surface area (Å²) in [6.07, 6.45) is 0. The van der Waals surface area contributed by atoms with Crippen molar-refractivity contribution in [3.05, 3.63) is 17.6 Å². The Kier molecular flexibility index (Phi) is 3.19. The lowest BCUT2D eigenvalue weighted by Crippen LogP contribution is -2.09. The van der Waals surface area contributed by atoms with E-state index < -0.39 is 0 Å². The van der Waals surface area contributed by atoms with Gasteiger partial charge in [-0.1, -0.05) is 6.92 Å². The monoisotopic (exact) mass is 181 g/mol. The summed E-state index contributed by atoms with van der Waals surface area (Å²) < 4.78 is 5.02. The van der Waals surface area contributed by atoms with E-state index in [-0.39, 0.29) is 5.92 Å². The lowest BCUT2D eigenvalue weighted by atomic mass is 10.2. The summed E-state index contributed by atoms with van der Waals surface area (Å²) >= 11 is 0. The number of methoxy groups -OCH3 is 1. The third kappa shape index (κ3) is 2.66. The molecule has 0 radical (unpaired) electrons. The van der Waals surface area contributed by atoms with Crippen molar-refractivity contribution in [2.45, 2.75) is 19.8 Å². The third-order valence-corrected chi connectivity index (χ3v) is 1.75. The fraction of sp³-hybridized carbons (Fsp3) is 0.556. The number of nitrogens with two attached hydrogens (primary N) is 1. The maximum absolute atomic E-state index is 5.60. The van der Waals surface area contributed by atoms with Gasteiger partial charge in [-0.15, -0.1) is 0 Å². The molecule has 0 aliphatic rings. The average Bonchev–Trinajstić information content (AvgIpc) is 2.03. The zero-order valence-electron chi connectivity index (χ0n) is 8.24. The van der Waals surface area contributed by atoms with Crippen LogP contribution in [0.1, 0.15) is 24.4 Å². The van der Waals surface area contributed by atoms with Gasteiger partial charge in [-0.25, -0.2) is 9.97 Å². The van der Waals surface area contributed by atoms with E-state index in [4.69, 9.17) is 10.5 Å². The quantitative estimate of drug-likeness (QED) is 0.759. The Bertz CT molecular complexity index is 268. The van der Waals surface area contributed by atoms with Crippen LogP contribution in [0.5, 0.6) is 0 Å². The molecule has 13 heavy (non-hydrogen) atoms. The zero-order valence-corrected chi connectivity index (χ0v) is 8.24. The van der Waals surface area contributed by atoms with Gasteiger partial charge >= 0.3 is 0 Å². The number of nitrogen functional groups attached to an aromatic ring is 1. The highest BCUT2D eigenvalue weighted by Crippen LogP contribution is 2.12. The van der Waals surface area contributed by atoms with E-state index in [1.807, 2.05) is 13.8 Å². The summed E-state index contributed by atoms with van der Waals surface area (Å²) in [5.41, 5.74) is 6.50. The van der Waals surface area contributed by atoms with Gasteiger partial charge < -0.3 is 10.5 Å². The van der Waals surface area contributed by atoms with Gasteiger partial charge in [0.2, 0.25) is 0 Å². The molecule has 4 heteroatoms. The molecule has 0 aliphatic heterocycles. The third-order valence-electron chi connectivity index (χ3n) is 1.75. The van der Waals surface area contributed by atoms with Crippen LogP contribution in [0.4, 0.5) is 5.82 Å². The van der Waals surface area contributed by atoms with Crippen LogP contribution in [0, 0.1) is 6.92 Å². The number of rotatable bonds is 3. The molecule has 0 bridgehead atoms. The molecule has 1 aromatic heterocycles. The molecule has 1 heterocycles. The molecule has 1 atom stereocenters. The number of ether oxygens (including phenoxy) is 1. The van der Waals surface area contributed by atoms with Gasteiger partial charge in [-0.3, -0.25) is 0 Å². The fourth-order valence-electron chi connectivity index (χ4n) is 1.16. The number of anilines is 1.